The average molecular weight is 680 g/mol. The molecule has 0 unspecified atom stereocenters. The van der Waals surface area contributed by atoms with Gasteiger partial charge in [0.1, 0.15) is 23.1 Å². The van der Waals surface area contributed by atoms with Gasteiger partial charge in [-0.15, -0.1) is 0 Å². The van der Waals surface area contributed by atoms with Crippen molar-refractivity contribution in [1.29, 1.82) is 5.26 Å². The first-order valence-electron chi connectivity index (χ1n) is 17.6. The standard InChI is InChI=1S/C41H53N5O4/c1-26-22-44(25-36-37(49-9)18-31(19-38(36)50-10)35-24-43(8)39(47)28(3)27(35)2)16-17-45(26)23-30-12-11-13-33-29(4)46(15-14-34(30)33)40(48)32(21-42)20-41(5,6)7/h11-13,18-20,24,26,29H,14-17,22-23,25H2,1-10H3/b32-20+/t26-,29-/m0/s1. The normalized spacial score (nSPS) is 18.8. The number of rotatable bonds is 8. The molecule has 1 amide bonds. The molecule has 50 heavy (non-hydrogen) atoms. The minimum atomic E-state index is -0.252. The van der Waals surface area contributed by atoms with Gasteiger partial charge in [0.25, 0.3) is 11.5 Å². The molecule has 0 N–H and O–H groups in total. The molecule has 2 aliphatic rings. The SMILES string of the molecule is COc1cc(-c2cn(C)c(=O)c(C)c2C)cc(OC)c1CN1CCN(Cc2cccc3c2CCN(C(=O)/C(C#N)=C/C(C)(C)C)[C@H]3C)[C@@H](C)C1. The van der Waals surface area contributed by atoms with Gasteiger partial charge in [-0.05, 0) is 79.5 Å². The summed E-state index contributed by atoms with van der Waals surface area (Å²) in [5.74, 6) is 1.36. The molecular formula is C41H53N5O4. The molecule has 2 aliphatic heterocycles. The molecule has 1 aromatic heterocycles. The smallest absolute Gasteiger partial charge is 0.264 e. The number of nitriles is 1. The van der Waals surface area contributed by atoms with E-state index in [1.54, 1.807) is 31.9 Å². The van der Waals surface area contributed by atoms with E-state index < -0.39 is 0 Å². The van der Waals surface area contributed by atoms with Crippen LogP contribution in [0.15, 0.2) is 53.0 Å². The fraction of sp³-hybridized carbons (Fsp3) is 0.488. The van der Waals surface area contributed by atoms with E-state index in [4.69, 9.17) is 9.47 Å². The van der Waals surface area contributed by atoms with Crippen molar-refractivity contribution in [2.24, 2.45) is 12.5 Å². The highest BCUT2D eigenvalue weighted by atomic mass is 16.5. The number of carbonyl (C=O) groups is 1. The summed E-state index contributed by atoms with van der Waals surface area (Å²) in [6.07, 6.45) is 4.45. The largest absolute Gasteiger partial charge is 0.496 e. The number of pyridine rings is 1. The molecule has 0 spiro atoms. The fourth-order valence-electron chi connectivity index (χ4n) is 7.55. The maximum atomic E-state index is 13.4. The first-order chi connectivity index (χ1) is 23.7. The summed E-state index contributed by atoms with van der Waals surface area (Å²) in [7, 11) is 5.18. The highest BCUT2D eigenvalue weighted by Crippen LogP contribution is 2.38. The molecule has 1 saturated heterocycles. The lowest BCUT2D eigenvalue weighted by Gasteiger charge is -2.41. The van der Waals surface area contributed by atoms with Crippen molar-refractivity contribution in [3.05, 3.63) is 91.9 Å². The quantitative estimate of drug-likeness (QED) is 0.203. The summed E-state index contributed by atoms with van der Waals surface area (Å²) in [6.45, 7) is 19.1. The van der Waals surface area contributed by atoms with Crippen molar-refractivity contribution < 1.29 is 14.3 Å². The van der Waals surface area contributed by atoms with Crippen molar-refractivity contribution in [2.45, 2.75) is 80.1 Å². The fourth-order valence-corrected chi connectivity index (χ4v) is 7.55. The number of ether oxygens (including phenoxy) is 2. The number of hydrogen-bond acceptors (Lipinski definition) is 7. The molecule has 3 aromatic rings. The van der Waals surface area contributed by atoms with Crippen molar-refractivity contribution >= 4 is 5.91 Å². The van der Waals surface area contributed by atoms with Crippen LogP contribution >= 0.6 is 0 Å². The molecule has 2 aromatic carbocycles. The van der Waals surface area contributed by atoms with E-state index in [2.05, 4.69) is 60.0 Å². The highest BCUT2D eigenvalue weighted by molar-refractivity contribution is 5.97. The second-order valence-electron chi connectivity index (χ2n) is 15.1. The van der Waals surface area contributed by atoms with Crippen LogP contribution in [0.2, 0.25) is 0 Å². The van der Waals surface area contributed by atoms with E-state index in [1.807, 2.05) is 45.7 Å². The zero-order chi connectivity index (χ0) is 36.5. The Balaban J connectivity index is 1.30. The molecular weight excluding hydrogens is 626 g/mol. The van der Waals surface area contributed by atoms with E-state index in [-0.39, 0.29) is 28.5 Å². The first-order valence-corrected chi connectivity index (χ1v) is 17.6. The number of nitrogens with zero attached hydrogens (tertiary/aromatic N) is 5. The van der Waals surface area contributed by atoms with Gasteiger partial charge in [-0.2, -0.15) is 5.26 Å². The Hall–Kier alpha value is -4.39. The topological polar surface area (TPSA) is 91.0 Å². The van der Waals surface area contributed by atoms with E-state index in [9.17, 15) is 14.9 Å². The van der Waals surface area contributed by atoms with Gasteiger partial charge in [-0.1, -0.05) is 45.0 Å². The third-order valence-electron chi connectivity index (χ3n) is 10.5. The number of carbonyl (C=O) groups excluding carboxylic acids is 1. The number of piperazine rings is 1. The lowest BCUT2D eigenvalue weighted by Crippen LogP contribution is -2.51. The number of methoxy groups -OCH3 is 2. The second-order valence-corrected chi connectivity index (χ2v) is 15.1. The molecule has 0 saturated carbocycles. The number of aromatic nitrogens is 1. The summed E-state index contributed by atoms with van der Waals surface area (Å²) in [6, 6.07) is 13.0. The van der Waals surface area contributed by atoms with E-state index in [1.165, 1.54) is 16.7 Å². The van der Waals surface area contributed by atoms with Gasteiger partial charge in [0.2, 0.25) is 0 Å². The van der Waals surface area contributed by atoms with Crippen LogP contribution in [0.4, 0.5) is 0 Å². The first kappa shape index (κ1) is 36.9. The summed E-state index contributed by atoms with van der Waals surface area (Å²) in [5.41, 5.74) is 8.44. The summed E-state index contributed by atoms with van der Waals surface area (Å²) < 4.78 is 13.5. The van der Waals surface area contributed by atoms with Crippen LogP contribution in [0.1, 0.15) is 74.0 Å². The van der Waals surface area contributed by atoms with Gasteiger partial charge in [-0.3, -0.25) is 19.4 Å². The lowest BCUT2D eigenvalue weighted by atomic mass is 9.88. The maximum absolute atomic E-state index is 13.4. The van der Waals surface area contributed by atoms with Crippen molar-refractivity contribution in [1.82, 2.24) is 19.3 Å². The van der Waals surface area contributed by atoms with Gasteiger partial charge in [0.15, 0.2) is 0 Å². The molecule has 0 radical (unpaired) electrons. The second kappa shape index (κ2) is 14.8. The maximum Gasteiger partial charge on any atom is 0.264 e. The van der Waals surface area contributed by atoms with Crippen LogP contribution in [0.3, 0.4) is 0 Å². The lowest BCUT2D eigenvalue weighted by molar-refractivity contribution is -0.129. The molecule has 0 aliphatic carbocycles. The molecule has 0 bridgehead atoms. The third-order valence-corrected chi connectivity index (χ3v) is 10.5. The van der Waals surface area contributed by atoms with Crippen molar-refractivity contribution in [2.75, 3.05) is 40.4 Å². The van der Waals surface area contributed by atoms with Crippen molar-refractivity contribution in [3.63, 3.8) is 0 Å². The van der Waals surface area contributed by atoms with Gasteiger partial charge in [-0.25, -0.2) is 0 Å². The van der Waals surface area contributed by atoms with Crippen molar-refractivity contribution in [3.8, 4) is 28.7 Å². The number of benzene rings is 2. The van der Waals surface area contributed by atoms with Gasteiger partial charge >= 0.3 is 0 Å². The van der Waals surface area contributed by atoms with Gasteiger partial charge in [0.05, 0.1) is 25.8 Å². The van der Waals surface area contributed by atoms with Crippen LogP contribution in [0.5, 0.6) is 11.5 Å². The summed E-state index contributed by atoms with van der Waals surface area (Å²) in [5, 5.41) is 9.77. The Kier molecular flexibility index (Phi) is 10.9. The molecule has 2 atom stereocenters. The minimum absolute atomic E-state index is 0.00902. The Morgan fingerprint density at radius 2 is 1.70 bits per heavy atom. The number of fused-ring (bicyclic) bond motifs is 1. The number of hydrogen-bond donors (Lipinski definition) is 0. The zero-order valence-electron chi connectivity index (χ0n) is 31.5. The van der Waals surface area contributed by atoms with Crippen LogP contribution in [-0.4, -0.2) is 71.6 Å². The minimum Gasteiger partial charge on any atom is -0.496 e. The molecule has 1 fully saturated rings. The monoisotopic (exact) mass is 679 g/mol. The molecule has 3 heterocycles. The number of aryl methyl sites for hydroxylation is 1. The third kappa shape index (κ3) is 7.52. The summed E-state index contributed by atoms with van der Waals surface area (Å²) in [4.78, 5) is 32.8. The van der Waals surface area contributed by atoms with Crippen LogP contribution in [-0.2, 0) is 31.4 Å². The van der Waals surface area contributed by atoms with Crippen LogP contribution in [0, 0.1) is 30.6 Å². The predicted molar refractivity (Wildman–Crippen MR) is 198 cm³/mol. The molecule has 5 rings (SSSR count). The Bertz CT molecular complexity index is 1870. The van der Waals surface area contributed by atoms with Crippen LogP contribution < -0.4 is 15.0 Å². The zero-order valence-corrected chi connectivity index (χ0v) is 31.5. The Morgan fingerprint density at radius 3 is 2.30 bits per heavy atom. The summed E-state index contributed by atoms with van der Waals surface area (Å²) >= 11 is 0. The van der Waals surface area contributed by atoms with Gasteiger partial charge in [0, 0.05) is 69.7 Å². The van der Waals surface area contributed by atoms with E-state index in [0.717, 1.165) is 71.9 Å². The molecule has 9 nitrogen and oxygen atoms in total. The Morgan fingerprint density at radius 1 is 1.02 bits per heavy atom. The van der Waals surface area contributed by atoms with E-state index >= 15 is 0 Å². The highest BCUT2D eigenvalue weighted by Gasteiger charge is 2.32. The molecule has 9 heteroatoms. The Labute approximate surface area is 297 Å². The van der Waals surface area contributed by atoms with E-state index in [0.29, 0.717) is 19.1 Å². The molecule has 266 valence electrons. The predicted octanol–water partition coefficient (Wildman–Crippen LogP) is 6.33. The number of allylic oxidation sites excluding steroid dienone is 1. The van der Waals surface area contributed by atoms with Crippen LogP contribution in [0.25, 0.3) is 11.1 Å². The average Bonchev–Trinajstić information content (AvgIpc) is 3.08. The number of amides is 1. The van der Waals surface area contributed by atoms with Gasteiger partial charge < -0.3 is 18.9 Å².